The van der Waals surface area contributed by atoms with E-state index in [9.17, 15) is 4.79 Å². The number of carbonyl (C=O) groups excluding carboxylic acids is 1. The second-order valence-electron chi connectivity index (χ2n) is 4.12. The molecule has 5 nitrogen and oxygen atoms in total. The highest BCUT2D eigenvalue weighted by Crippen LogP contribution is 2.12. The van der Waals surface area contributed by atoms with Crippen LogP contribution in [0.25, 0.3) is 0 Å². The van der Waals surface area contributed by atoms with Crippen molar-refractivity contribution in [3.05, 3.63) is 47.3 Å². The number of hydrogen-bond donors (Lipinski definition) is 2. The molecular weight excluding hydrogens is 228 g/mol. The van der Waals surface area contributed by atoms with Crippen molar-refractivity contribution in [3.8, 4) is 0 Å². The molecular formula is C13H16N4O. The molecule has 2 aromatic rings. The third-order valence-corrected chi connectivity index (χ3v) is 2.93. The van der Waals surface area contributed by atoms with Crippen molar-refractivity contribution in [3.63, 3.8) is 0 Å². The first-order chi connectivity index (χ1) is 8.61. The van der Waals surface area contributed by atoms with Gasteiger partial charge in [0, 0.05) is 25.0 Å². The van der Waals surface area contributed by atoms with Gasteiger partial charge in [-0.15, -0.1) is 0 Å². The molecule has 0 saturated carbocycles. The summed E-state index contributed by atoms with van der Waals surface area (Å²) in [6.07, 6.45) is 1.57. The zero-order valence-electron chi connectivity index (χ0n) is 10.5. The summed E-state index contributed by atoms with van der Waals surface area (Å²) in [6.45, 7) is 2.36. The Morgan fingerprint density at radius 3 is 2.56 bits per heavy atom. The highest BCUT2D eigenvalue weighted by molar-refractivity contribution is 6.04. The number of nitrogens with two attached hydrogens (primary N) is 1. The molecule has 0 saturated heterocycles. The Morgan fingerprint density at radius 1 is 1.39 bits per heavy atom. The SMILES string of the molecule is Cc1c(C(=O)Nc2ccc(CN)cc2)cnn1C. The monoisotopic (exact) mass is 244 g/mol. The molecule has 1 amide bonds. The van der Waals surface area contributed by atoms with E-state index in [0.717, 1.165) is 16.9 Å². The van der Waals surface area contributed by atoms with Gasteiger partial charge < -0.3 is 11.1 Å². The fourth-order valence-electron chi connectivity index (χ4n) is 1.64. The Morgan fingerprint density at radius 2 is 2.06 bits per heavy atom. The quantitative estimate of drug-likeness (QED) is 0.858. The van der Waals surface area contributed by atoms with Crippen LogP contribution in [0.2, 0.25) is 0 Å². The first-order valence-electron chi connectivity index (χ1n) is 5.70. The lowest BCUT2D eigenvalue weighted by Crippen LogP contribution is -2.13. The van der Waals surface area contributed by atoms with Crippen LogP contribution in [0.3, 0.4) is 0 Å². The van der Waals surface area contributed by atoms with Crippen LogP contribution in [-0.2, 0) is 13.6 Å². The molecule has 18 heavy (non-hydrogen) atoms. The van der Waals surface area contributed by atoms with Gasteiger partial charge >= 0.3 is 0 Å². The van der Waals surface area contributed by atoms with Gasteiger partial charge in [0.25, 0.3) is 5.91 Å². The number of anilines is 1. The van der Waals surface area contributed by atoms with Gasteiger partial charge in [0.05, 0.1) is 11.8 Å². The molecule has 1 aromatic carbocycles. The predicted octanol–water partition coefficient (Wildman–Crippen LogP) is 1.44. The van der Waals surface area contributed by atoms with Crippen LogP contribution in [0.5, 0.6) is 0 Å². The maximum atomic E-state index is 12.0. The highest BCUT2D eigenvalue weighted by Gasteiger charge is 2.12. The minimum atomic E-state index is -0.152. The Labute approximate surface area is 106 Å². The second kappa shape index (κ2) is 5.01. The summed E-state index contributed by atoms with van der Waals surface area (Å²) in [7, 11) is 1.81. The van der Waals surface area contributed by atoms with E-state index in [1.54, 1.807) is 10.9 Å². The molecule has 1 heterocycles. The standard InChI is InChI=1S/C13H16N4O/c1-9-12(8-15-17(9)2)13(18)16-11-5-3-10(7-14)4-6-11/h3-6,8H,7,14H2,1-2H3,(H,16,18). The first kappa shape index (κ1) is 12.3. The lowest BCUT2D eigenvalue weighted by Gasteiger charge is -2.05. The Bertz CT molecular complexity index is 557. The number of hydrogen-bond acceptors (Lipinski definition) is 3. The van der Waals surface area contributed by atoms with Gasteiger partial charge in [-0.2, -0.15) is 5.10 Å². The summed E-state index contributed by atoms with van der Waals surface area (Å²) >= 11 is 0. The number of rotatable bonds is 3. The second-order valence-corrected chi connectivity index (χ2v) is 4.12. The van der Waals surface area contributed by atoms with E-state index in [4.69, 9.17) is 5.73 Å². The van der Waals surface area contributed by atoms with Gasteiger partial charge in [0.2, 0.25) is 0 Å². The molecule has 0 atom stereocenters. The molecule has 0 radical (unpaired) electrons. The van der Waals surface area contributed by atoms with Gasteiger partial charge in [-0.25, -0.2) is 0 Å². The number of amides is 1. The van der Waals surface area contributed by atoms with Crippen molar-refractivity contribution < 1.29 is 4.79 Å². The molecule has 5 heteroatoms. The van der Waals surface area contributed by atoms with E-state index in [-0.39, 0.29) is 5.91 Å². The maximum Gasteiger partial charge on any atom is 0.259 e. The summed E-state index contributed by atoms with van der Waals surface area (Å²) in [4.78, 5) is 12.0. The summed E-state index contributed by atoms with van der Waals surface area (Å²) in [5, 5.41) is 6.88. The fraction of sp³-hybridized carbons (Fsp3) is 0.231. The van der Waals surface area contributed by atoms with Crippen molar-refractivity contribution >= 4 is 11.6 Å². The van der Waals surface area contributed by atoms with Crippen LogP contribution < -0.4 is 11.1 Å². The normalized spacial score (nSPS) is 10.4. The van der Waals surface area contributed by atoms with Gasteiger partial charge in [0.15, 0.2) is 0 Å². The molecule has 94 valence electrons. The summed E-state index contributed by atoms with van der Waals surface area (Å²) < 4.78 is 1.67. The number of aryl methyl sites for hydroxylation is 1. The van der Waals surface area contributed by atoms with Crippen LogP contribution in [0, 0.1) is 6.92 Å². The lowest BCUT2D eigenvalue weighted by molar-refractivity contribution is 0.102. The molecule has 0 aliphatic carbocycles. The summed E-state index contributed by atoms with van der Waals surface area (Å²) in [5.74, 6) is -0.152. The molecule has 2 rings (SSSR count). The molecule has 0 aliphatic rings. The van der Waals surface area contributed by atoms with E-state index in [1.165, 1.54) is 0 Å². The lowest BCUT2D eigenvalue weighted by atomic mass is 10.2. The van der Waals surface area contributed by atoms with Gasteiger partial charge in [-0.1, -0.05) is 12.1 Å². The molecule has 3 N–H and O–H groups in total. The summed E-state index contributed by atoms with van der Waals surface area (Å²) in [6, 6.07) is 7.47. The minimum Gasteiger partial charge on any atom is -0.326 e. The van der Waals surface area contributed by atoms with E-state index in [0.29, 0.717) is 12.1 Å². The molecule has 0 unspecified atom stereocenters. The van der Waals surface area contributed by atoms with Crippen molar-refractivity contribution in [1.29, 1.82) is 0 Å². The average Bonchev–Trinajstić information content (AvgIpc) is 2.71. The number of aromatic nitrogens is 2. The van der Waals surface area contributed by atoms with Gasteiger partial charge in [0.1, 0.15) is 0 Å². The van der Waals surface area contributed by atoms with E-state index in [2.05, 4.69) is 10.4 Å². The smallest absolute Gasteiger partial charge is 0.259 e. The van der Waals surface area contributed by atoms with E-state index in [1.807, 2.05) is 38.2 Å². The first-order valence-corrected chi connectivity index (χ1v) is 5.70. The van der Waals surface area contributed by atoms with Crippen LogP contribution in [0.1, 0.15) is 21.6 Å². The molecule has 1 aromatic heterocycles. The Hall–Kier alpha value is -2.14. The molecule has 0 aliphatic heterocycles. The number of benzene rings is 1. The highest BCUT2D eigenvalue weighted by atomic mass is 16.1. The topological polar surface area (TPSA) is 72.9 Å². The predicted molar refractivity (Wildman–Crippen MR) is 70.2 cm³/mol. The van der Waals surface area contributed by atoms with Gasteiger partial charge in [-0.3, -0.25) is 9.48 Å². The largest absolute Gasteiger partial charge is 0.326 e. The Kier molecular flexibility index (Phi) is 3.43. The van der Waals surface area contributed by atoms with E-state index < -0.39 is 0 Å². The van der Waals surface area contributed by atoms with Crippen molar-refractivity contribution in [1.82, 2.24) is 9.78 Å². The third-order valence-electron chi connectivity index (χ3n) is 2.93. The molecule has 0 bridgehead atoms. The van der Waals surface area contributed by atoms with Gasteiger partial charge in [-0.05, 0) is 24.6 Å². The zero-order valence-corrected chi connectivity index (χ0v) is 10.5. The number of carbonyl (C=O) groups is 1. The average molecular weight is 244 g/mol. The van der Waals surface area contributed by atoms with Crippen molar-refractivity contribution in [2.75, 3.05) is 5.32 Å². The number of nitrogens with zero attached hydrogens (tertiary/aromatic N) is 2. The van der Waals surface area contributed by atoms with Crippen molar-refractivity contribution in [2.45, 2.75) is 13.5 Å². The maximum absolute atomic E-state index is 12.0. The molecule has 0 spiro atoms. The van der Waals surface area contributed by atoms with E-state index >= 15 is 0 Å². The van der Waals surface area contributed by atoms with Crippen molar-refractivity contribution in [2.24, 2.45) is 12.8 Å². The minimum absolute atomic E-state index is 0.152. The summed E-state index contributed by atoms with van der Waals surface area (Å²) in [5.41, 5.74) is 8.72. The zero-order chi connectivity index (χ0) is 13.1. The fourth-order valence-corrected chi connectivity index (χ4v) is 1.64. The van der Waals surface area contributed by atoms with Crippen LogP contribution in [0.4, 0.5) is 5.69 Å². The van der Waals surface area contributed by atoms with Crippen LogP contribution in [-0.4, -0.2) is 15.7 Å². The van der Waals surface area contributed by atoms with Crippen LogP contribution >= 0.6 is 0 Å². The Balaban J connectivity index is 2.13. The third kappa shape index (κ3) is 2.41. The number of nitrogens with one attached hydrogen (secondary N) is 1. The molecule has 0 fully saturated rings. The van der Waals surface area contributed by atoms with Crippen LogP contribution in [0.15, 0.2) is 30.5 Å².